The second kappa shape index (κ2) is 9.07. The standard InChI is InChI=1S/C24H27N3O2/c1-29-21-8-4-6-19(16-21)18-26-12-14-27(15-13-26)23-10-3-2-9-22(23)24(28)20-7-5-11-25-17-20/h2-11,16-17,24,28H,12-15,18H2,1H3. The van der Waals surface area contributed by atoms with Crippen molar-refractivity contribution in [1.82, 2.24) is 9.88 Å². The van der Waals surface area contributed by atoms with Crippen LogP contribution in [0.2, 0.25) is 0 Å². The second-order valence-electron chi connectivity index (χ2n) is 7.36. The van der Waals surface area contributed by atoms with Crippen LogP contribution in [0.1, 0.15) is 22.8 Å². The van der Waals surface area contributed by atoms with E-state index in [2.05, 4.69) is 33.0 Å². The van der Waals surface area contributed by atoms with Gasteiger partial charge in [-0.1, -0.05) is 36.4 Å². The number of aromatic nitrogens is 1. The summed E-state index contributed by atoms with van der Waals surface area (Å²) in [6.07, 6.45) is 2.78. The summed E-state index contributed by atoms with van der Waals surface area (Å²) in [5.74, 6) is 0.902. The number of rotatable bonds is 6. The first-order chi connectivity index (χ1) is 14.2. The minimum Gasteiger partial charge on any atom is -0.497 e. The summed E-state index contributed by atoms with van der Waals surface area (Å²) in [7, 11) is 1.70. The van der Waals surface area contributed by atoms with Crippen molar-refractivity contribution in [2.75, 3.05) is 38.2 Å². The van der Waals surface area contributed by atoms with E-state index >= 15 is 0 Å². The molecule has 1 saturated heterocycles. The highest BCUT2D eigenvalue weighted by Crippen LogP contribution is 2.31. The number of anilines is 1. The first kappa shape index (κ1) is 19.4. The number of aliphatic hydroxyl groups excluding tert-OH is 1. The van der Waals surface area contributed by atoms with Gasteiger partial charge in [0, 0.05) is 61.9 Å². The van der Waals surface area contributed by atoms with Crippen molar-refractivity contribution >= 4 is 5.69 Å². The second-order valence-corrected chi connectivity index (χ2v) is 7.36. The fourth-order valence-corrected chi connectivity index (χ4v) is 3.90. The Hall–Kier alpha value is -2.89. The number of hydrogen-bond acceptors (Lipinski definition) is 5. The van der Waals surface area contributed by atoms with Crippen molar-refractivity contribution in [3.05, 3.63) is 89.7 Å². The molecule has 150 valence electrons. The normalized spacial score (nSPS) is 15.9. The molecule has 0 aliphatic carbocycles. The highest BCUT2D eigenvalue weighted by Gasteiger charge is 2.22. The molecule has 5 nitrogen and oxygen atoms in total. The van der Waals surface area contributed by atoms with E-state index in [1.807, 2.05) is 42.5 Å². The number of methoxy groups -OCH3 is 1. The number of piperazine rings is 1. The maximum absolute atomic E-state index is 10.9. The van der Waals surface area contributed by atoms with E-state index in [-0.39, 0.29) is 0 Å². The summed E-state index contributed by atoms with van der Waals surface area (Å²) in [5.41, 5.74) is 4.12. The molecule has 1 atom stereocenters. The maximum atomic E-state index is 10.9. The topological polar surface area (TPSA) is 48.8 Å². The number of para-hydroxylation sites is 1. The van der Waals surface area contributed by atoms with Crippen LogP contribution in [0.15, 0.2) is 73.1 Å². The minimum atomic E-state index is -0.672. The molecule has 3 aromatic rings. The zero-order chi connectivity index (χ0) is 20.1. The lowest BCUT2D eigenvalue weighted by Gasteiger charge is -2.37. The van der Waals surface area contributed by atoms with E-state index in [9.17, 15) is 5.11 Å². The third-order valence-electron chi connectivity index (χ3n) is 5.48. The lowest BCUT2D eigenvalue weighted by Crippen LogP contribution is -2.46. The third-order valence-corrected chi connectivity index (χ3v) is 5.48. The summed E-state index contributed by atoms with van der Waals surface area (Å²) in [6.45, 7) is 4.75. The molecule has 29 heavy (non-hydrogen) atoms. The van der Waals surface area contributed by atoms with E-state index in [1.165, 1.54) is 5.56 Å². The molecule has 4 rings (SSSR count). The molecular formula is C24H27N3O2. The van der Waals surface area contributed by atoms with Crippen LogP contribution < -0.4 is 9.64 Å². The van der Waals surface area contributed by atoms with Crippen LogP contribution in [0.25, 0.3) is 0 Å². The zero-order valence-corrected chi connectivity index (χ0v) is 16.7. The smallest absolute Gasteiger partial charge is 0.119 e. The Morgan fingerprint density at radius 3 is 2.59 bits per heavy atom. The lowest BCUT2D eigenvalue weighted by molar-refractivity contribution is 0.218. The summed E-state index contributed by atoms with van der Waals surface area (Å²) < 4.78 is 5.34. The Balaban J connectivity index is 1.44. The number of aliphatic hydroxyl groups is 1. The van der Waals surface area contributed by atoms with Crippen molar-refractivity contribution in [2.45, 2.75) is 12.6 Å². The quantitative estimate of drug-likeness (QED) is 0.699. The van der Waals surface area contributed by atoms with Crippen LogP contribution in [0.3, 0.4) is 0 Å². The Labute approximate surface area is 172 Å². The van der Waals surface area contributed by atoms with E-state index in [1.54, 1.807) is 19.5 Å². The van der Waals surface area contributed by atoms with Crippen LogP contribution in [-0.2, 0) is 6.54 Å². The van der Waals surface area contributed by atoms with Crippen molar-refractivity contribution < 1.29 is 9.84 Å². The predicted octanol–water partition coefficient (Wildman–Crippen LogP) is 3.49. The summed E-state index contributed by atoms with van der Waals surface area (Å²) in [4.78, 5) is 8.98. The fourth-order valence-electron chi connectivity index (χ4n) is 3.90. The highest BCUT2D eigenvalue weighted by atomic mass is 16.5. The molecule has 0 bridgehead atoms. The molecular weight excluding hydrogens is 362 g/mol. The SMILES string of the molecule is COc1cccc(CN2CCN(c3ccccc3C(O)c3cccnc3)CC2)c1. The molecule has 1 fully saturated rings. The molecule has 1 aliphatic heterocycles. The van der Waals surface area contributed by atoms with Gasteiger partial charge in [0.25, 0.3) is 0 Å². The molecule has 2 aromatic carbocycles. The van der Waals surface area contributed by atoms with Gasteiger partial charge >= 0.3 is 0 Å². The van der Waals surface area contributed by atoms with E-state index in [0.29, 0.717) is 0 Å². The molecule has 0 saturated carbocycles. The van der Waals surface area contributed by atoms with Crippen LogP contribution >= 0.6 is 0 Å². The summed E-state index contributed by atoms with van der Waals surface area (Å²) >= 11 is 0. The molecule has 0 radical (unpaired) electrons. The first-order valence-electron chi connectivity index (χ1n) is 10.0. The Morgan fingerprint density at radius 2 is 1.83 bits per heavy atom. The number of pyridine rings is 1. The first-order valence-corrected chi connectivity index (χ1v) is 10.0. The molecule has 2 heterocycles. The van der Waals surface area contributed by atoms with Gasteiger partial charge in [0.05, 0.1) is 7.11 Å². The van der Waals surface area contributed by atoms with Crippen molar-refractivity contribution in [3.8, 4) is 5.75 Å². The van der Waals surface area contributed by atoms with E-state index in [0.717, 1.165) is 55.3 Å². The lowest BCUT2D eigenvalue weighted by atomic mass is 10.00. The molecule has 0 spiro atoms. The molecule has 0 amide bonds. The Kier molecular flexibility index (Phi) is 6.08. The zero-order valence-electron chi connectivity index (χ0n) is 16.7. The predicted molar refractivity (Wildman–Crippen MR) is 115 cm³/mol. The van der Waals surface area contributed by atoms with Gasteiger partial charge in [0.2, 0.25) is 0 Å². The molecule has 5 heteroatoms. The Bertz CT molecular complexity index is 924. The average Bonchev–Trinajstić information content (AvgIpc) is 2.80. The average molecular weight is 389 g/mol. The van der Waals surface area contributed by atoms with Gasteiger partial charge in [-0.25, -0.2) is 0 Å². The maximum Gasteiger partial charge on any atom is 0.119 e. The molecule has 1 aromatic heterocycles. The van der Waals surface area contributed by atoms with Gasteiger partial charge in [-0.15, -0.1) is 0 Å². The number of benzene rings is 2. The van der Waals surface area contributed by atoms with Crippen molar-refractivity contribution in [3.63, 3.8) is 0 Å². The molecule has 1 unspecified atom stereocenters. The number of hydrogen-bond donors (Lipinski definition) is 1. The number of nitrogens with zero attached hydrogens (tertiary/aromatic N) is 3. The largest absolute Gasteiger partial charge is 0.497 e. The minimum absolute atomic E-state index is 0.672. The van der Waals surface area contributed by atoms with Gasteiger partial charge in [0.15, 0.2) is 0 Å². The fraction of sp³-hybridized carbons (Fsp3) is 0.292. The highest BCUT2D eigenvalue weighted by molar-refractivity contribution is 5.56. The van der Waals surface area contributed by atoms with E-state index < -0.39 is 6.10 Å². The van der Waals surface area contributed by atoms with Gasteiger partial charge in [0.1, 0.15) is 11.9 Å². The molecule has 1 N–H and O–H groups in total. The van der Waals surface area contributed by atoms with Gasteiger partial charge in [-0.2, -0.15) is 0 Å². The van der Waals surface area contributed by atoms with Gasteiger partial charge < -0.3 is 14.7 Å². The third kappa shape index (κ3) is 4.58. The van der Waals surface area contributed by atoms with Crippen LogP contribution in [0.4, 0.5) is 5.69 Å². The Morgan fingerprint density at radius 1 is 1.00 bits per heavy atom. The van der Waals surface area contributed by atoms with Crippen LogP contribution in [0.5, 0.6) is 5.75 Å². The van der Waals surface area contributed by atoms with Crippen LogP contribution in [0, 0.1) is 0 Å². The van der Waals surface area contributed by atoms with Crippen molar-refractivity contribution in [1.29, 1.82) is 0 Å². The number of ether oxygens (including phenoxy) is 1. The summed E-state index contributed by atoms with van der Waals surface area (Å²) in [6, 6.07) is 20.2. The van der Waals surface area contributed by atoms with E-state index in [4.69, 9.17) is 4.74 Å². The van der Waals surface area contributed by atoms with Crippen molar-refractivity contribution in [2.24, 2.45) is 0 Å². The van der Waals surface area contributed by atoms with Crippen LogP contribution in [-0.4, -0.2) is 48.3 Å². The van der Waals surface area contributed by atoms with Gasteiger partial charge in [-0.05, 0) is 29.8 Å². The monoisotopic (exact) mass is 389 g/mol. The van der Waals surface area contributed by atoms with Gasteiger partial charge in [-0.3, -0.25) is 9.88 Å². The molecule has 1 aliphatic rings. The summed E-state index contributed by atoms with van der Waals surface area (Å²) in [5, 5.41) is 10.9.